The van der Waals surface area contributed by atoms with E-state index in [-0.39, 0.29) is 0 Å². The molecular weight excluding hydrogens is 264 g/mol. The summed E-state index contributed by atoms with van der Waals surface area (Å²) in [6.45, 7) is 4.69. The van der Waals surface area contributed by atoms with Crippen molar-refractivity contribution in [1.82, 2.24) is 9.97 Å². The second-order valence-corrected chi connectivity index (χ2v) is 5.12. The predicted octanol–water partition coefficient (Wildman–Crippen LogP) is 2.72. The van der Waals surface area contributed by atoms with E-state index in [4.69, 9.17) is 10.5 Å². The fourth-order valence-electron chi connectivity index (χ4n) is 2.62. The highest BCUT2D eigenvalue weighted by Gasteiger charge is 2.15. The summed E-state index contributed by atoms with van der Waals surface area (Å²) in [6, 6.07) is 9.91. The van der Waals surface area contributed by atoms with Crippen LogP contribution in [-0.2, 0) is 0 Å². The third-order valence-corrected chi connectivity index (χ3v) is 3.60. The molecule has 1 aliphatic rings. The average Bonchev–Trinajstić information content (AvgIpc) is 3.01. The molecule has 2 N–H and O–H groups in total. The van der Waals surface area contributed by atoms with E-state index in [1.54, 1.807) is 0 Å². The van der Waals surface area contributed by atoms with Gasteiger partial charge in [0, 0.05) is 24.7 Å². The molecule has 1 saturated heterocycles. The van der Waals surface area contributed by atoms with Crippen LogP contribution in [0.5, 0.6) is 5.75 Å². The van der Waals surface area contributed by atoms with Gasteiger partial charge in [0.2, 0.25) is 5.95 Å². The van der Waals surface area contributed by atoms with Crippen LogP contribution in [0.2, 0.25) is 0 Å². The van der Waals surface area contributed by atoms with Crippen molar-refractivity contribution in [3.05, 3.63) is 30.3 Å². The minimum absolute atomic E-state index is 0.316. The summed E-state index contributed by atoms with van der Waals surface area (Å²) in [6.07, 6.45) is 2.41. The van der Waals surface area contributed by atoms with E-state index >= 15 is 0 Å². The maximum atomic E-state index is 5.88. The Balaban J connectivity index is 1.95. The molecular formula is C16H20N4O. The zero-order valence-electron chi connectivity index (χ0n) is 12.2. The number of nitrogen functional groups attached to an aromatic ring is 1. The maximum absolute atomic E-state index is 5.88. The van der Waals surface area contributed by atoms with Gasteiger partial charge in [-0.25, -0.2) is 4.98 Å². The van der Waals surface area contributed by atoms with Crippen molar-refractivity contribution in [2.45, 2.75) is 19.8 Å². The first kappa shape index (κ1) is 13.7. The molecule has 1 aromatic carbocycles. The van der Waals surface area contributed by atoms with E-state index in [0.717, 1.165) is 35.9 Å². The minimum atomic E-state index is 0.316. The largest absolute Gasteiger partial charge is 0.494 e. The highest BCUT2D eigenvalue weighted by molar-refractivity contribution is 5.66. The van der Waals surface area contributed by atoms with Gasteiger partial charge < -0.3 is 15.4 Å². The van der Waals surface area contributed by atoms with E-state index in [2.05, 4.69) is 14.9 Å². The van der Waals surface area contributed by atoms with Crippen LogP contribution in [0.25, 0.3) is 11.3 Å². The second kappa shape index (κ2) is 5.99. The van der Waals surface area contributed by atoms with Gasteiger partial charge >= 0.3 is 0 Å². The third-order valence-electron chi connectivity index (χ3n) is 3.60. The molecule has 0 spiro atoms. The molecule has 0 unspecified atom stereocenters. The Morgan fingerprint density at radius 2 is 2.00 bits per heavy atom. The Morgan fingerprint density at radius 3 is 2.76 bits per heavy atom. The van der Waals surface area contributed by atoms with E-state index in [9.17, 15) is 0 Å². The number of hydrogen-bond acceptors (Lipinski definition) is 5. The number of ether oxygens (including phenoxy) is 1. The molecule has 0 saturated carbocycles. The summed E-state index contributed by atoms with van der Waals surface area (Å²) in [4.78, 5) is 11.0. The number of rotatable bonds is 4. The van der Waals surface area contributed by atoms with Crippen molar-refractivity contribution in [3.63, 3.8) is 0 Å². The lowest BCUT2D eigenvalue weighted by molar-refractivity contribution is 0.340. The molecule has 0 amide bonds. The molecule has 110 valence electrons. The van der Waals surface area contributed by atoms with Crippen molar-refractivity contribution in [3.8, 4) is 17.0 Å². The molecule has 2 aromatic rings. The fourth-order valence-corrected chi connectivity index (χ4v) is 2.62. The van der Waals surface area contributed by atoms with Gasteiger partial charge in [-0.05, 0) is 31.9 Å². The van der Waals surface area contributed by atoms with Crippen LogP contribution in [0.3, 0.4) is 0 Å². The molecule has 2 heterocycles. The monoisotopic (exact) mass is 284 g/mol. The average molecular weight is 284 g/mol. The molecule has 1 fully saturated rings. The number of nitrogens with two attached hydrogens (primary N) is 1. The lowest BCUT2D eigenvalue weighted by Crippen LogP contribution is -2.19. The van der Waals surface area contributed by atoms with Crippen LogP contribution < -0.4 is 15.4 Å². The Labute approximate surface area is 124 Å². The SMILES string of the molecule is CCOc1cccc(-c2cc(N3CCCC3)nc(N)n2)c1. The molecule has 5 heteroatoms. The van der Waals surface area contributed by atoms with Gasteiger partial charge in [0.05, 0.1) is 12.3 Å². The molecule has 3 rings (SSSR count). The van der Waals surface area contributed by atoms with Crippen LogP contribution in [0.15, 0.2) is 30.3 Å². The van der Waals surface area contributed by atoms with Gasteiger partial charge in [-0.1, -0.05) is 12.1 Å². The fraction of sp³-hybridized carbons (Fsp3) is 0.375. The molecule has 0 radical (unpaired) electrons. The van der Waals surface area contributed by atoms with Crippen molar-refractivity contribution < 1.29 is 4.74 Å². The first-order valence-electron chi connectivity index (χ1n) is 7.39. The molecule has 5 nitrogen and oxygen atoms in total. The summed E-state index contributed by atoms with van der Waals surface area (Å²) in [7, 11) is 0. The minimum Gasteiger partial charge on any atom is -0.494 e. The van der Waals surface area contributed by atoms with Gasteiger partial charge in [-0.3, -0.25) is 0 Å². The van der Waals surface area contributed by atoms with Gasteiger partial charge in [0.25, 0.3) is 0 Å². The van der Waals surface area contributed by atoms with Crippen LogP contribution in [0.1, 0.15) is 19.8 Å². The quantitative estimate of drug-likeness (QED) is 0.935. The summed E-state index contributed by atoms with van der Waals surface area (Å²) in [5.74, 6) is 2.07. The first-order valence-corrected chi connectivity index (χ1v) is 7.39. The Bertz CT molecular complexity index is 623. The van der Waals surface area contributed by atoms with Gasteiger partial charge in [0.15, 0.2) is 0 Å². The standard InChI is InChI=1S/C16H20N4O/c1-2-21-13-7-5-6-12(10-13)14-11-15(19-16(17)18-14)20-8-3-4-9-20/h5-7,10-11H,2-4,8-9H2,1H3,(H2,17,18,19). The van der Waals surface area contributed by atoms with Crippen LogP contribution in [-0.4, -0.2) is 29.7 Å². The maximum Gasteiger partial charge on any atom is 0.222 e. The topological polar surface area (TPSA) is 64.3 Å². The zero-order chi connectivity index (χ0) is 14.7. The molecule has 0 atom stereocenters. The summed E-state index contributed by atoms with van der Waals surface area (Å²) >= 11 is 0. The third kappa shape index (κ3) is 3.07. The Kier molecular flexibility index (Phi) is 3.90. The van der Waals surface area contributed by atoms with Crippen LogP contribution in [0.4, 0.5) is 11.8 Å². The summed E-state index contributed by atoms with van der Waals surface area (Å²) in [5.41, 5.74) is 7.72. The number of benzene rings is 1. The Morgan fingerprint density at radius 1 is 1.19 bits per heavy atom. The number of nitrogens with zero attached hydrogens (tertiary/aromatic N) is 3. The molecule has 21 heavy (non-hydrogen) atoms. The van der Waals surface area contributed by atoms with Crippen LogP contribution in [0, 0.1) is 0 Å². The van der Waals surface area contributed by atoms with E-state index in [1.165, 1.54) is 12.8 Å². The highest BCUT2D eigenvalue weighted by Crippen LogP contribution is 2.27. The lowest BCUT2D eigenvalue weighted by atomic mass is 10.1. The lowest BCUT2D eigenvalue weighted by Gasteiger charge is -2.17. The van der Waals surface area contributed by atoms with Gasteiger partial charge in [-0.15, -0.1) is 0 Å². The Hall–Kier alpha value is -2.30. The van der Waals surface area contributed by atoms with E-state index < -0.39 is 0 Å². The van der Waals surface area contributed by atoms with Crippen molar-refractivity contribution in [1.29, 1.82) is 0 Å². The molecule has 1 aromatic heterocycles. The predicted molar refractivity (Wildman–Crippen MR) is 84.5 cm³/mol. The van der Waals surface area contributed by atoms with E-state index in [1.807, 2.05) is 37.3 Å². The number of aromatic nitrogens is 2. The van der Waals surface area contributed by atoms with Crippen molar-refractivity contribution in [2.24, 2.45) is 0 Å². The molecule has 0 aliphatic carbocycles. The number of anilines is 2. The summed E-state index contributed by atoms with van der Waals surface area (Å²) < 4.78 is 5.54. The smallest absolute Gasteiger partial charge is 0.222 e. The second-order valence-electron chi connectivity index (χ2n) is 5.12. The van der Waals surface area contributed by atoms with E-state index in [0.29, 0.717) is 12.6 Å². The van der Waals surface area contributed by atoms with Gasteiger partial charge in [0.1, 0.15) is 11.6 Å². The normalized spacial score (nSPS) is 14.4. The zero-order valence-corrected chi connectivity index (χ0v) is 12.2. The first-order chi connectivity index (χ1) is 10.3. The molecule has 1 aliphatic heterocycles. The highest BCUT2D eigenvalue weighted by atomic mass is 16.5. The van der Waals surface area contributed by atoms with Gasteiger partial charge in [-0.2, -0.15) is 4.98 Å². The van der Waals surface area contributed by atoms with Crippen molar-refractivity contribution in [2.75, 3.05) is 30.3 Å². The van der Waals surface area contributed by atoms with Crippen LogP contribution >= 0.6 is 0 Å². The number of hydrogen-bond donors (Lipinski definition) is 1. The summed E-state index contributed by atoms with van der Waals surface area (Å²) in [5, 5.41) is 0. The van der Waals surface area contributed by atoms with Crippen molar-refractivity contribution >= 4 is 11.8 Å². The molecule has 0 bridgehead atoms.